The molecule has 4 aromatic rings. The van der Waals surface area contributed by atoms with Crippen LogP contribution >= 0.6 is 0 Å². The van der Waals surface area contributed by atoms with Crippen LogP contribution in [0.5, 0.6) is 5.75 Å². The number of benzene rings is 3. The fraction of sp³-hybridized carbons (Fsp3) is 0.303. The molecule has 0 saturated heterocycles. The molecule has 208 valence electrons. The number of rotatable bonds is 12. The molecule has 1 amide bonds. The van der Waals surface area contributed by atoms with Crippen LogP contribution in [0.3, 0.4) is 0 Å². The molecular weight excluding hydrogens is 500 g/mol. The Hall–Kier alpha value is -3.91. The fourth-order valence-corrected chi connectivity index (χ4v) is 5.50. The SMILES string of the molecule is CN(C)CCOc1ccc(CN(CCn2ccc3ccccc32)C2CCc3cc(C=CC(=O)NO)ccc32)cc1. The van der Waals surface area contributed by atoms with Crippen LogP contribution in [-0.4, -0.2) is 59.3 Å². The van der Waals surface area contributed by atoms with Crippen molar-refractivity contribution in [1.82, 2.24) is 19.8 Å². The highest BCUT2D eigenvalue weighted by Crippen LogP contribution is 2.37. The Balaban J connectivity index is 1.34. The zero-order chi connectivity index (χ0) is 27.9. The lowest BCUT2D eigenvalue weighted by Crippen LogP contribution is -2.30. The summed E-state index contributed by atoms with van der Waals surface area (Å²) in [5.41, 5.74) is 7.79. The molecule has 7 nitrogen and oxygen atoms in total. The van der Waals surface area contributed by atoms with Gasteiger partial charge in [0.15, 0.2) is 0 Å². The highest BCUT2D eigenvalue weighted by atomic mass is 16.5. The summed E-state index contributed by atoms with van der Waals surface area (Å²) in [6.07, 6.45) is 7.31. The van der Waals surface area contributed by atoms with Crippen molar-refractivity contribution in [2.75, 3.05) is 33.8 Å². The third-order valence-corrected chi connectivity index (χ3v) is 7.62. The maximum Gasteiger partial charge on any atom is 0.267 e. The second-order valence-electron chi connectivity index (χ2n) is 10.7. The summed E-state index contributed by atoms with van der Waals surface area (Å²) >= 11 is 0. The van der Waals surface area contributed by atoms with Crippen molar-refractivity contribution >= 4 is 22.9 Å². The Bertz CT molecular complexity index is 1460. The summed E-state index contributed by atoms with van der Waals surface area (Å²) in [6.45, 7) is 4.23. The average molecular weight is 539 g/mol. The minimum Gasteiger partial charge on any atom is -0.492 e. The minimum absolute atomic E-state index is 0.312. The fourth-order valence-electron chi connectivity index (χ4n) is 5.50. The van der Waals surface area contributed by atoms with Gasteiger partial charge in [-0.15, -0.1) is 0 Å². The number of nitrogens with one attached hydrogen (secondary N) is 1. The predicted molar refractivity (Wildman–Crippen MR) is 159 cm³/mol. The summed E-state index contributed by atoms with van der Waals surface area (Å²) in [5.74, 6) is 0.369. The lowest BCUT2D eigenvalue weighted by molar-refractivity contribution is -0.124. The number of aromatic nitrogens is 1. The molecule has 0 radical (unpaired) electrons. The van der Waals surface area contributed by atoms with E-state index in [1.54, 1.807) is 11.6 Å². The molecule has 0 spiro atoms. The molecule has 7 heteroatoms. The van der Waals surface area contributed by atoms with Gasteiger partial charge in [-0.3, -0.25) is 14.9 Å². The number of ether oxygens (including phenoxy) is 1. The van der Waals surface area contributed by atoms with Gasteiger partial charge in [-0.05, 0) is 84.9 Å². The third-order valence-electron chi connectivity index (χ3n) is 7.62. The van der Waals surface area contributed by atoms with Gasteiger partial charge in [-0.2, -0.15) is 0 Å². The summed E-state index contributed by atoms with van der Waals surface area (Å²) < 4.78 is 8.26. The Morgan fingerprint density at radius 3 is 2.70 bits per heavy atom. The number of carbonyl (C=O) groups is 1. The van der Waals surface area contributed by atoms with Crippen molar-refractivity contribution in [2.45, 2.75) is 32.0 Å². The first-order chi connectivity index (χ1) is 19.5. The Labute approximate surface area is 236 Å². The molecule has 1 unspecified atom stereocenters. The first-order valence-electron chi connectivity index (χ1n) is 13.9. The molecule has 0 fully saturated rings. The van der Waals surface area contributed by atoms with E-state index in [1.807, 2.05) is 14.1 Å². The third kappa shape index (κ3) is 6.80. The second-order valence-corrected chi connectivity index (χ2v) is 10.7. The molecule has 2 N–H and O–H groups in total. The first kappa shape index (κ1) is 27.6. The molecule has 1 aliphatic carbocycles. The van der Waals surface area contributed by atoms with Gasteiger partial charge in [0, 0.05) is 50.0 Å². The first-order valence-corrected chi connectivity index (χ1v) is 13.9. The van der Waals surface area contributed by atoms with Crippen molar-refractivity contribution < 1.29 is 14.7 Å². The number of carbonyl (C=O) groups excluding carboxylic acids is 1. The number of para-hydroxylation sites is 1. The quantitative estimate of drug-likeness (QED) is 0.146. The summed E-state index contributed by atoms with van der Waals surface area (Å²) in [4.78, 5) is 16.1. The van der Waals surface area contributed by atoms with Crippen LogP contribution in [0.1, 0.15) is 34.7 Å². The van der Waals surface area contributed by atoms with E-state index >= 15 is 0 Å². The van der Waals surface area contributed by atoms with Gasteiger partial charge in [0.25, 0.3) is 5.91 Å². The molecule has 40 heavy (non-hydrogen) atoms. The van der Waals surface area contributed by atoms with Gasteiger partial charge in [-0.25, -0.2) is 5.48 Å². The van der Waals surface area contributed by atoms with E-state index in [9.17, 15) is 4.79 Å². The number of hydrogen-bond acceptors (Lipinski definition) is 5. The molecule has 3 aromatic carbocycles. The van der Waals surface area contributed by atoms with E-state index in [4.69, 9.17) is 9.94 Å². The van der Waals surface area contributed by atoms with Crippen molar-refractivity contribution in [3.63, 3.8) is 0 Å². The van der Waals surface area contributed by atoms with E-state index in [2.05, 4.69) is 93.4 Å². The molecule has 1 atom stereocenters. The summed E-state index contributed by atoms with van der Waals surface area (Å²) in [5, 5.41) is 10.0. The van der Waals surface area contributed by atoms with Crippen LogP contribution in [0.2, 0.25) is 0 Å². The Kier molecular flexibility index (Phi) is 8.96. The molecule has 1 aromatic heterocycles. The van der Waals surface area contributed by atoms with Crippen molar-refractivity contribution in [3.8, 4) is 5.75 Å². The van der Waals surface area contributed by atoms with E-state index < -0.39 is 5.91 Å². The molecular formula is C33H38N4O3. The lowest BCUT2D eigenvalue weighted by atomic mass is 10.0. The van der Waals surface area contributed by atoms with Gasteiger partial charge < -0.3 is 14.2 Å². The average Bonchev–Trinajstić information content (AvgIpc) is 3.58. The van der Waals surface area contributed by atoms with Crippen LogP contribution in [0.4, 0.5) is 0 Å². The Morgan fingerprint density at radius 1 is 1.07 bits per heavy atom. The standard InChI is InChI=1S/C33H38N4O3/c1-35(2)21-22-40-29-12-7-26(8-13-29)24-37(20-19-36-18-17-27-5-3-4-6-31(27)36)32-15-11-28-23-25(9-14-30(28)32)10-16-33(38)34-39/h3-10,12-14,16-18,23,32,39H,11,15,19-22,24H2,1-2H3,(H,34,38). The number of amides is 1. The van der Waals surface area contributed by atoms with Crippen molar-refractivity contribution in [3.05, 3.63) is 107 Å². The van der Waals surface area contributed by atoms with Crippen LogP contribution in [-0.2, 0) is 24.3 Å². The number of likely N-dealkylation sites (N-methyl/N-ethyl adjacent to an activating group) is 1. The molecule has 0 bridgehead atoms. The van der Waals surface area contributed by atoms with Crippen LogP contribution in [0.15, 0.2) is 85.1 Å². The number of fused-ring (bicyclic) bond motifs is 2. The summed E-state index contributed by atoms with van der Waals surface area (Å²) in [6, 6.07) is 26.0. The topological polar surface area (TPSA) is 70.0 Å². The number of hydrogen-bond donors (Lipinski definition) is 2. The highest BCUT2D eigenvalue weighted by molar-refractivity contribution is 5.90. The minimum atomic E-state index is -0.531. The number of nitrogens with zero attached hydrogens (tertiary/aromatic N) is 3. The highest BCUT2D eigenvalue weighted by Gasteiger charge is 2.28. The Morgan fingerprint density at radius 2 is 1.90 bits per heavy atom. The molecule has 0 saturated carbocycles. The molecule has 1 heterocycles. The number of hydroxylamine groups is 1. The van der Waals surface area contributed by atoms with Gasteiger partial charge >= 0.3 is 0 Å². The van der Waals surface area contributed by atoms with E-state index in [0.717, 1.165) is 50.3 Å². The summed E-state index contributed by atoms with van der Waals surface area (Å²) in [7, 11) is 4.10. The zero-order valence-electron chi connectivity index (χ0n) is 23.3. The van der Waals surface area contributed by atoms with Crippen molar-refractivity contribution in [1.29, 1.82) is 0 Å². The monoisotopic (exact) mass is 538 g/mol. The maximum atomic E-state index is 11.4. The van der Waals surface area contributed by atoms with Gasteiger partial charge in [-0.1, -0.05) is 48.5 Å². The van der Waals surface area contributed by atoms with Crippen LogP contribution in [0.25, 0.3) is 17.0 Å². The molecule has 0 aliphatic heterocycles. The van der Waals surface area contributed by atoms with Gasteiger partial charge in [0.2, 0.25) is 0 Å². The molecule has 1 aliphatic rings. The van der Waals surface area contributed by atoms with E-state index in [-0.39, 0.29) is 0 Å². The van der Waals surface area contributed by atoms with Gasteiger partial charge in [0.05, 0.1) is 0 Å². The maximum absolute atomic E-state index is 11.4. The normalized spacial score (nSPS) is 14.9. The van der Waals surface area contributed by atoms with Crippen LogP contribution in [0, 0.1) is 0 Å². The zero-order valence-corrected chi connectivity index (χ0v) is 23.3. The number of aryl methyl sites for hydroxylation is 1. The predicted octanol–water partition coefficient (Wildman–Crippen LogP) is 5.29. The van der Waals surface area contributed by atoms with Gasteiger partial charge in [0.1, 0.15) is 12.4 Å². The van der Waals surface area contributed by atoms with E-state index in [0.29, 0.717) is 12.6 Å². The smallest absolute Gasteiger partial charge is 0.267 e. The molecule has 5 rings (SSSR count). The second kappa shape index (κ2) is 13.0. The largest absolute Gasteiger partial charge is 0.492 e. The van der Waals surface area contributed by atoms with Crippen molar-refractivity contribution in [2.24, 2.45) is 0 Å². The van der Waals surface area contributed by atoms with E-state index in [1.165, 1.54) is 33.7 Å². The lowest BCUT2D eigenvalue weighted by Gasteiger charge is -2.30. The van der Waals surface area contributed by atoms with Crippen LogP contribution < -0.4 is 10.2 Å².